The van der Waals surface area contributed by atoms with Crippen LogP contribution in [-0.2, 0) is 0 Å². The number of aromatic nitrogens is 2. The second-order valence-corrected chi connectivity index (χ2v) is 11.0. The molecule has 1 aliphatic rings. The summed E-state index contributed by atoms with van der Waals surface area (Å²) < 4.78 is 5.68. The molecule has 0 bridgehead atoms. The zero-order valence-corrected chi connectivity index (χ0v) is 25.4. The highest BCUT2D eigenvalue weighted by Gasteiger charge is 2.20. The summed E-state index contributed by atoms with van der Waals surface area (Å²) in [5, 5.41) is 4.02. The van der Waals surface area contributed by atoms with Crippen molar-refractivity contribution in [1.29, 1.82) is 0 Å². The van der Waals surface area contributed by atoms with E-state index in [9.17, 15) is 0 Å². The largest absolute Gasteiger partial charge is 0.496 e. The Balaban J connectivity index is 1.82. The van der Waals surface area contributed by atoms with Crippen LogP contribution in [0.5, 0.6) is 5.75 Å². The summed E-state index contributed by atoms with van der Waals surface area (Å²) >= 11 is 0. The Bertz CT molecular complexity index is 1540. The van der Waals surface area contributed by atoms with Crippen LogP contribution in [0, 0.1) is 19.8 Å². The number of anilines is 2. The fourth-order valence-corrected chi connectivity index (χ4v) is 5.51. The van der Waals surface area contributed by atoms with Gasteiger partial charge in [0.05, 0.1) is 18.0 Å². The van der Waals surface area contributed by atoms with E-state index in [2.05, 4.69) is 101 Å². The Morgan fingerprint density at radius 1 is 1.10 bits per heavy atom. The van der Waals surface area contributed by atoms with Crippen molar-refractivity contribution in [1.82, 2.24) is 9.97 Å². The number of nitrogens with two attached hydrogens (primary N) is 1. The van der Waals surface area contributed by atoms with E-state index in [-0.39, 0.29) is 5.92 Å². The summed E-state index contributed by atoms with van der Waals surface area (Å²) in [6.07, 6.45) is 8.47. The molecule has 2 atom stereocenters. The Labute approximate surface area is 239 Å². The van der Waals surface area contributed by atoms with E-state index in [1.54, 1.807) is 7.11 Å². The number of methoxy groups -OCH3 is 1. The van der Waals surface area contributed by atoms with Gasteiger partial charge >= 0.3 is 0 Å². The van der Waals surface area contributed by atoms with Crippen molar-refractivity contribution in [3.8, 4) is 16.9 Å². The number of hydrogen-bond donors (Lipinski definition) is 2. The standard InChI is InChI=1S/C34H43N5O/c1-10-19(3)14-21(5)25-15-23(7)30(24(8)16-25)26-12-13-28(40-9)31-32(26)38-34(39-33(31)35)37-29-17-22(6)27(18-36-29)20(4)11-2/h12-18,21-22H,10-11H2,1-9H3,(H3,35,37,38,39)/b19-14+,27-20+. The van der Waals surface area contributed by atoms with Crippen molar-refractivity contribution in [2.24, 2.45) is 10.9 Å². The second kappa shape index (κ2) is 12.1. The Hall–Kier alpha value is -3.93. The number of nitrogen functional groups attached to an aromatic ring is 1. The minimum absolute atomic E-state index is 0.246. The molecule has 2 aromatic carbocycles. The van der Waals surface area contributed by atoms with Gasteiger partial charge in [-0.05, 0) is 92.5 Å². The molecule has 0 spiro atoms. The third-order valence-electron chi connectivity index (χ3n) is 8.01. The molecular weight excluding hydrogens is 494 g/mol. The molecule has 210 valence electrons. The molecule has 6 nitrogen and oxygen atoms in total. The third-order valence-corrected chi connectivity index (χ3v) is 8.01. The fourth-order valence-electron chi connectivity index (χ4n) is 5.51. The summed E-state index contributed by atoms with van der Waals surface area (Å²) in [5.41, 5.74) is 17.1. The number of rotatable bonds is 8. The van der Waals surface area contributed by atoms with E-state index in [1.807, 2.05) is 12.3 Å². The third kappa shape index (κ3) is 5.81. The second-order valence-electron chi connectivity index (χ2n) is 11.0. The van der Waals surface area contributed by atoms with Gasteiger partial charge in [-0.2, -0.15) is 4.98 Å². The summed E-state index contributed by atoms with van der Waals surface area (Å²) in [7, 11) is 1.64. The summed E-state index contributed by atoms with van der Waals surface area (Å²) in [5.74, 6) is 2.73. The van der Waals surface area contributed by atoms with E-state index in [0.717, 1.165) is 29.5 Å². The van der Waals surface area contributed by atoms with Crippen molar-refractivity contribution in [3.63, 3.8) is 0 Å². The maximum Gasteiger partial charge on any atom is 0.230 e. The zero-order chi connectivity index (χ0) is 29.1. The van der Waals surface area contributed by atoms with Gasteiger partial charge in [0.25, 0.3) is 0 Å². The number of aliphatic imine (C=N–C) groups is 1. The molecule has 4 rings (SSSR count). The minimum Gasteiger partial charge on any atom is -0.496 e. The highest BCUT2D eigenvalue weighted by molar-refractivity contribution is 6.04. The lowest BCUT2D eigenvalue weighted by Gasteiger charge is -2.20. The van der Waals surface area contributed by atoms with Crippen LogP contribution in [0.1, 0.15) is 77.0 Å². The van der Waals surface area contributed by atoms with Crippen LogP contribution in [-0.4, -0.2) is 23.3 Å². The Morgan fingerprint density at radius 2 is 1.80 bits per heavy atom. The van der Waals surface area contributed by atoms with E-state index < -0.39 is 0 Å². The number of ether oxygens (including phenoxy) is 1. The van der Waals surface area contributed by atoms with Crippen molar-refractivity contribution in [2.75, 3.05) is 18.2 Å². The number of allylic oxidation sites excluding steroid dienone is 5. The number of nitrogens with one attached hydrogen (secondary N) is 1. The van der Waals surface area contributed by atoms with E-state index in [1.165, 1.54) is 33.4 Å². The predicted octanol–water partition coefficient (Wildman–Crippen LogP) is 8.66. The average Bonchev–Trinajstić information content (AvgIpc) is 2.92. The molecule has 40 heavy (non-hydrogen) atoms. The van der Waals surface area contributed by atoms with E-state index in [0.29, 0.717) is 34.6 Å². The van der Waals surface area contributed by atoms with Gasteiger partial charge in [-0.3, -0.25) is 0 Å². The van der Waals surface area contributed by atoms with Gasteiger partial charge in [-0.15, -0.1) is 0 Å². The van der Waals surface area contributed by atoms with Crippen LogP contribution in [0.3, 0.4) is 0 Å². The first kappa shape index (κ1) is 29.1. The smallest absolute Gasteiger partial charge is 0.230 e. The molecule has 0 radical (unpaired) electrons. The van der Waals surface area contributed by atoms with E-state index in [4.69, 9.17) is 15.5 Å². The lowest BCUT2D eigenvalue weighted by Crippen LogP contribution is -2.12. The van der Waals surface area contributed by atoms with Gasteiger partial charge in [0.1, 0.15) is 17.4 Å². The zero-order valence-electron chi connectivity index (χ0n) is 25.4. The first-order valence-electron chi connectivity index (χ1n) is 14.2. The lowest BCUT2D eigenvalue weighted by atomic mass is 9.88. The number of nitrogens with zero attached hydrogens (tertiary/aromatic N) is 3. The van der Waals surface area contributed by atoms with Crippen molar-refractivity contribution in [3.05, 3.63) is 75.6 Å². The number of hydrogen-bond acceptors (Lipinski definition) is 6. The minimum atomic E-state index is 0.246. The van der Waals surface area contributed by atoms with Crippen molar-refractivity contribution < 1.29 is 4.74 Å². The molecule has 2 unspecified atom stereocenters. The number of fused-ring (bicyclic) bond motifs is 1. The van der Waals surface area contributed by atoms with Crippen LogP contribution >= 0.6 is 0 Å². The maximum atomic E-state index is 6.55. The average molecular weight is 538 g/mol. The molecule has 0 amide bonds. The van der Waals surface area contributed by atoms with Crippen LogP contribution in [0.15, 0.2) is 64.0 Å². The van der Waals surface area contributed by atoms with Crippen LogP contribution in [0.4, 0.5) is 11.8 Å². The summed E-state index contributed by atoms with van der Waals surface area (Å²) in [6, 6.07) is 8.60. The fraction of sp³-hybridized carbons (Fsp3) is 0.382. The van der Waals surface area contributed by atoms with Crippen molar-refractivity contribution in [2.45, 2.75) is 74.1 Å². The van der Waals surface area contributed by atoms with Gasteiger partial charge < -0.3 is 15.8 Å². The molecule has 2 heterocycles. The lowest BCUT2D eigenvalue weighted by molar-refractivity contribution is 0.420. The van der Waals surface area contributed by atoms with Gasteiger partial charge in [-0.25, -0.2) is 9.98 Å². The monoisotopic (exact) mass is 537 g/mol. The summed E-state index contributed by atoms with van der Waals surface area (Å²) in [6.45, 7) is 17.5. The topological polar surface area (TPSA) is 85.4 Å². The van der Waals surface area contributed by atoms with Gasteiger partial charge in [0.2, 0.25) is 5.95 Å². The van der Waals surface area contributed by atoms with Crippen molar-refractivity contribution >= 4 is 28.9 Å². The molecule has 0 saturated carbocycles. The normalized spacial score (nSPS) is 17.6. The van der Waals surface area contributed by atoms with Crippen LogP contribution in [0.25, 0.3) is 22.0 Å². The highest BCUT2D eigenvalue weighted by Crippen LogP contribution is 2.40. The summed E-state index contributed by atoms with van der Waals surface area (Å²) in [4.78, 5) is 14.2. The first-order valence-corrected chi connectivity index (χ1v) is 14.2. The Morgan fingerprint density at radius 3 is 2.40 bits per heavy atom. The van der Waals surface area contributed by atoms with Gasteiger partial charge in [0, 0.05) is 17.7 Å². The predicted molar refractivity (Wildman–Crippen MR) is 170 cm³/mol. The van der Waals surface area contributed by atoms with Gasteiger partial charge in [0.15, 0.2) is 0 Å². The molecule has 3 N–H and O–H groups in total. The molecule has 1 aromatic heterocycles. The molecule has 0 fully saturated rings. The molecular formula is C34H43N5O. The van der Waals surface area contributed by atoms with Gasteiger partial charge in [-0.1, -0.05) is 57.0 Å². The molecule has 1 aliphatic heterocycles. The number of aryl methyl sites for hydroxylation is 2. The molecule has 6 heteroatoms. The highest BCUT2D eigenvalue weighted by atomic mass is 16.5. The Kier molecular flexibility index (Phi) is 8.77. The molecule has 0 saturated heterocycles. The van der Waals surface area contributed by atoms with E-state index >= 15 is 0 Å². The molecule has 0 aliphatic carbocycles. The van der Waals surface area contributed by atoms with Crippen LogP contribution < -0.4 is 15.8 Å². The number of benzene rings is 2. The first-order chi connectivity index (χ1) is 19.1. The SMILES string of the molecule is CC/C(C)=C1\C=NC(Nc2nc(N)c3c(OC)ccc(-c4c(C)cc(C(C)/C=C(\C)CC)cc4C)c3n2)=CC1C. The molecule has 3 aromatic rings. The maximum absolute atomic E-state index is 6.55. The van der Waals surface area contributed by atoms with Crippen LogP contribution in [0.2, 0.25) is 0 Å². The quantitative estimate of drug-likeness (QED) is 0.281.